The smallest absolute Gasteiger partial charge is 0.328 e. The van der Waals surface area contributed by atoms with Gasteiger partial charge in [0, 0.05) is 24.8 Å². The molecule has 0 radical (unpaired) electrons. The molecule has 0 N–H and O–H groups in total. The number of carbonyl (C=O) groups is 2. The van der Waals surface area contributed by atoms with Gasteiger partial charge in [0.15, 0.2) is 0 Å². The molecule has 1 saturated heterocycles. The molecule has 2 heterocycles. The number of nitrogens with zero attached hydrogens (tertiary/aromatic N) is 3. The van der Waals surface area contributed by atoms with E-state index in [-0.39, 0.29) is 11.9 Å². The summed E-state index contributed by atoms with van der Waals surface area (Å²) in [6, 6.07) is -0.422. The van der Waals surface area contributed by atoms with E-state index in [0.717, 1.165) is 23.4 Å². The lowest BCUT2D eigenvalue weighted by Crippen LogP contribution is -2.42. The minimum absolute atomic E-state index is 0.0234. The van der Waals surface area contributed by atoms with Gasteiger partial charge in [0.2, 0.25) is 5.91 Å². The Labute approximate surface area is 125 Å². The van der Waals surface area contributed by atoms with Gasteiger partial charge in [-0.05, 0) is 33.6 Å². The van der Waals surface area contributed by atoms with Crippen molar-refractivity contribution in [3.63, 3.8) is 0 Å². The maximum atomic E-state index is 12.5. The zero-order valence-corrected chi connectivity index (χ0v) is 13.2. The molecule has 6 heteroatoms. The van der Waals surface area contributed by atoms with Gasteiger partial charge in [-0.1, -0.05) is 0 Å². The van der Waals surface area contributed by atoms with E-state index in [4.69, 9.17) is 4.74 Å². The van der Waals surface area contributed by atoms with Crippen molar-refractivity contribution >= 4 is 11.9 Å². The molecular weight excluding hydrogens is 270 g/mol. The highest BCUT2D eigenvalue weighted by molar-refractivity contribution is 5.86. The molecule has 1 aromatic heterocycles. The van der Waals surface area contributed by atoms with E-state index in [1.54, 1.807) is 16.5 Å². The van der Waals surface area contributed by atoms with Crippen LogP contribution in [0, 0.1) is 13.8 Å². The lowest BCUT2D eigenvalue weighted by Gasteiger charge is -2.23. The first-order valence-electron chi connectivity index (χ1n) is 7.40. The van der Waals surface area contributed by atoms with Crippen LogP contribution in [-0.2, 0) is 27.8 Å². The standard InChI is InChI=1S/C15H23N3O3/c1-5-21-15(20)13-7-6-8-18(13)14(19)9-12-10(2)16-17(4)11(12)3/h13H,5-9H2,1-4H3. The van der Waals surface area contributed by atoms with Gasteiger partial charge in [-0.15, -0.1) is 0 Å². The van der Waals surface area contributed by atoms with Gasteiger partial charge in [-0.25, -0.2) is 4.79 Å². The van der Waals surface area contributed by atoms with Crippen molar-refractivity contribution in [3.8, 4) is 0 Å². The average Bonchev–Trinajstić information content (AvgIpc) is 3.00. The number of hydrogen-bond donors (Lipinski definition) is 0. The Balaban J connectivity index is 2.10. The van der Waals surface area contributed by atoms with E-state index in [1.165, 1.54) is 0 Å². The largest absolute Gasteiger partial charge is 0.464 e. The second-order valence-corrected chi connectivity index (χ2v) is 5.45. The molecule has 1 unspecified atom stereocenters. The molecule has 0 aliphatic carbocycles. The summed E-state index contributed by atoms with van der Waals surface area (Å²) in [5.41, 5.74) is 2.82. The predicted molar refractivity (Wildman–Crippen MR) is 77.8 cm³/mol. The summed E-state index contributed by atoms with van der Waals surface area (Å²) in [6.45, 7) is 6.61. The van der Waals surface area contributed by atoms with Crippen LogP contribution in [0.5, 0.6) is 0 Å². The quantitative estimate of drug-likeness (QED) is 0.781. The summed E-state index contributed by atoms with van der Waals surface area (Å²) in [5.74, 6) is -0.312. The number of amides is 1. The lowest BCUT2D eigenvalue weighted by molar-refractivity contribution is -0.152. The van der Waals surface area contributed by atoms with Gasteiger partial charge in [0.1, 0.15) is 6.04 Å². The zero-order valence-electron chi connectivity index (χ0n) is 13.2. The Hall–Kier alpha value is -1.85. The number of likely N-dealkylation sites (tertiary alicyclic amines) is 1. The molecule has 1 fully saturated rings. The Kier molecular flexibility index (Phi) is 4.65. The first kappa shape index (κ1) is 15.5. The fraction of sp³-hybridized carbons (Fsp3) is 0.667. The summed E-state index contributed by atoms with van der Waals surface area (Å²) in [4.78, 5) is 26.1. The zero-order chi connectivity index (χ0) is 15.6. The molecule has 0 spiro atoms. The maximum Gasteiger partial charge on any atom is 0.328 e. The summed E-state index contributed by atoms with van der Waals surface area (Å²) >= 11 is 0. The predicted octanol–water partition coefficient (Wildman–Crippen LogP) is 1.13. The third kappa shape index (κ3) is 3.09. The molecule has 1 aliphatic heterocycles. The topological polar surface area (TPSA) is 64.4 Å². The Morgan fingerprint density at radius 1 is 1.38 bits per heavy atom. The summed E-state index contributed by atoms with van der Waals surface area (Å²) < 4.78 is 6.84. The van der Waals surface area contributed by atoms with Crippen LogP contribution in [0.2, 0.25) is 0 Å². The number of hydrogen-bond acceptors (Lipinski definition) is 4. The van der Waals surface area contributed by atoms with Crippen molar-refractivity contribution < 1.29 is 14.3 Å². The molecule has 0 saturated carbocycles. The maximum absolute atomic E-state index is 12.5. The van der Waals surface area contributed by atoms with Crippen LogP contribution >= 0.6 is 0 Å². The minimum atomic E-state index is -0.422. The lowest BCUT2D eigenvalue weighted by atomic mass is 10.1. The Morgan fingerprint density at radius 3 is 2.67 bits per heavy atom. The van der Waals surface area contributed by atoms with Crippen LogP contribution in [0.3, 0.4) is 0 Å². The van der Waals surface area contributed by atoms with E-state index < -0.39 is 6.04 Å². The highest BCUT2D eigenvalue weighted by Gasteiger charge is 2.35. The van der Waals surface area contributed by atoms with Crippen molar-refractivity contribution in [3.05, 3.63) is 17.0 Å². The van der Waals surface area contributed by atoms with E-state index in [0.29, 0.717) is 26.0 Å². The first-order chi connectivity index (χ1) is 9.95. The number of rotatable bonds is 4. The minimum Gasteiger partial charge on any atom is -0.464 e. The SMILES string of the molecule is CCOC(=O)C1CCCN1C(=O)Cc1c(C)nn(C)c1C. The van der Waals surface area contributed by atoms with Gasteiger partial charge in [-0.2, -0.15) is 5.10 Å². The van der Waals surface area contributed by atoms with Gasteiger partial charge < -0.3 is 9.64 Å². The molecule has 1 atom stereocenters. The van der Waals surface area contributed by atoms with Crippen LogP contribution < -0.4 is 0 Å². The third-order valence-corrected chi connectivity index (χ3v) is 4.12. The number of ether oxygens (including phenoxy) is 1. The second-order valence-electron chi connectivity index (χ2n) is 5.45. The first-order valence-corrected chi connectivity index (χ1v) is 7.40. The van der Waals surface area contributed by atoms with Crippen LogP contribution in [-0.4, -0.2) is 45.8 Å². The van der Waals surface area contributed by atoms with E-state index in [1.807, 2.05) is 20.9 Å². The van der Waals surface area contributed by atoms with Crippen molar-refractivity contribution in [1.82, 2.24) is 14.7 Å². The van der Waals surface area contributed by atoms with E-state index in [2.05, 4.69) is 5.10 Å². The molecule has 0 aromatic carbocycles. The Morgan fingerprint density at radius 2 is 2.10 bits per heavy atom. The normalized spacial score (nSPS) is 18.1. The fourth-order valence-electron chi connectivity index (χ4n) is 2.87. The van der Waals surface area contributed by atoms with Crippen LogP contribution in [0.15, 0.2) is 0 Å². The number of aromatic nitrogens is 2. The summed E-state index contributed by atoms with van der Waals surface area (Å²) in [7, 11) is 1.87. The van der Waals surface area contributed by atoms with Crippen molar-refractivity contribution in [1.29, 1.82) is 0 Å². The molecular formula is C15H23N3O3. The van der Waals surface area contributed by atoms with Crippen molar-refractivity contribution in [2.24, 2.45) is 7.05 Å². The molecule has 1 aliphatic rings. The number of carbonyl (C=O) groups excluding carboxylic acids is 2. The molecule has 1 amide bonds. The molecule has 21 heavy (non-hydrogen) atoms. The van der Waals surface area contributed by atoms with Gasteiger partial charge in [0.05, 0.1) is 18.7 Å². The number of aryl methyl sites for hydroxylation is 2. The number of esters is 1. The van der Waals surface area contributed by atoms with Crippen LogP contribution in [0.25, 0.3) is 0 Å². The molecule has 116 valence electrons. The third-order valence-electron chi connectivity index (χ3n) is 4.12. The van der Waals surface area contributed by atoms with Crippen molar-refractivity contribution in [2.45, 2.75) is 46.1 Å². The van der Waals surface area contributed by atoms with Gasteiger partial charge in [0.25, 0.3) is 0 Å². The fourth-order valence-corrected chi connectivity index (χ4v) is 2.87. The van der Waals surface area contributed by atoms with Gasteiger partial charge >= 0.3 is 5.97 Å². The molecule has 6 nitrogen and oxygen atoms in total. The summed E-state index contributed by atoms with van der Waals surface area (Å²) in [5, 5.41) is 4.33. The Bertz CT molecular complexity index is 551. The second kappa shape index (κ2) is 6.28. The summed E-state index contributed by atoms with van der Waals surface area (Å²) in [6.07, 6.45) is 1.83. The molecule has 0 bridgehead atoms. The van der Waals surface area contributed by atoms with Gasteiger partial charge in [-0.3, -0.25) is 9.48 Å². The van der Waals surface area contributed by atoms with E-state index in [9.17, 15) is 9.59 Å². The highest BCUT2D eigenvalue weighted by atomic mass is 16.5. The van der Waals surface area contributed by atoms with Crippen molar-refractivity contribution in [2.75, 3.05) is 13.2 Å². The highest BCUT2D eigenvalue weighted by Crippen LogP contribution is 2.21. The monoisotopic (exact) mass is 293 g/mol. The molecule has 1 aromatic rings. The molecule has 2 rings (SSSR count). The average molecular weight is 293 g/mol. The van der Waals surface area contributed by atoms with E-state index >= 15 is 0 Å². The van der Waals surface area contributed by atoms with Crippen LogP contribution in [0.4, 0.5) is 0 Å². The van der Waals surface area contributed by atoms with Crippen LogP contribution in [0.1, 0.15) is 36.7 Å².